The molecule has 0 aliphatic carbocycles. The van der Waals surface area contributed by atoms with Crippen LogP contribution in [0, 0.1) is 0 Å². The molecule has 0 saturated carbocycles. The minimum absolute atomic E-state index is 0.231. The normalized spacial score (nSPS) is 10.9. The van der Waals surface area contributed by atoms with E-state index in [0.717, 1.165) is 6.08 Å². The lowest BCUT2D eigenvalue weighted by molar-refractivity contribution is -0.140. The van der Waals surface area contributed by atoms with Crippen molar-refractivity contribution in [2.24, 2.45) is 5.73 Å². The van der Waals surface area contributed by atoms with E-state index in [1.807, 2.05) is 0 Å². The second kappa shape index (κ2) is 4.87. The van der Waals surface area contributed by atoms with E-state index in [1.54, 1.807) is 0 Å². The lowest BCUT2D eigenvalue weighted by Gasteiger charge is -2.23. The van der Waals surface area contributed by atoms with E-state index in [4.69, 9.17) is 15.9 Å². The summed E-state index contributed by atoms with van der Waals surface area (Å²) in [5, 5.41) is 17.3. The average molecular weight is 175 g/mol. The van der Waals surface area contributed by atoms with Gasteiger partial charge in [-0.15, -0.1) is 0 Å². The van der Waals surface area contributed by atoms with Crippen molar-refractivity contribution >= 4 is 5.97 Å². The SMILES string of the molecule is C=CC(=O)OCC(N)(CO)CO. The van der Waals surface area contributed by atoms with E-state index >= 15 is 0 Å². The first-order chi connectivity index (χ1) is 5.58. The Bertz CT molecular complexity index is 165. The molecule has 70 valence electrons. The maximum atomic E-state index is 10.5. The third-order valence-corrected chi connectivity index (χ3v) is 1.30. The van der Waals surface area contributed by atoms with Gasteiger partial charge in [-0.25, -0.2) is 4.79 Å². The summed E-state index contributed by atoms with van der Waals surface area (Å²) in [6.45, 7) is 2.04. The van der Waals surface area contributed by atoms with Crippen molar-refractivity contribution in [1.29, 1.82) is 0 Å². The number of esters is 1. The number of hydrogen-bond acceptors (Lipinski definition) is 5. The number of aliphatic hydroxyl groups excluding tert-OH is 2. The molecule has 0 atom stereocenters. The van der Waals surface area contributed by atoms with Crippen LogP contribution in [0.5, 0.6) is 0 Å². The summed E-state index contributed by atoms with van der Waals surface area (Å²) in [5.41, 5.74) is 4.12. The standard InChI is InChI=1S/C7H13NO4/c1-2-6(11)12-5-7(8,3-9)4-10/h2,9-10H,1,3-5,8H2. The molecular formula is C7H13NO4. The minimum atomic E-state index is -1.27. The highest BCUT2D eigenvalue weighted by atomic mass is 16.5. The third kappa shape index (κ3) is 3.47. The molecule has 0 amide bonds. The van der Waals surface area contributed by atoms with Crippen molar-refractivity contribution in [2.45, 2.75) is 5.54 Å². The zero-order chi connectivity index (χ0) is 9.61. The highest BCUT2D eigenvalue weighted by molar-refractivity contribution is 5.81. The fraction of sp³-hybridized carbons (Fsp3) is 0.571. The van der Waals surface area contributed by atoms with E-state index in [1.165, 1.54) is 0 Å². The van der Waals surface area contributed by atoms with E-state index in [9.17, 15) is 4.79 Å². The van der Waals surface area contributed by atoms with Crippen LogP contribution in [0.25, 0.3) is 0 Å². The Balaban J connectivity index is 3.88. The Morgan fingerprint density at radius 2 is 2.08 bits per heavy atom. The summed E-state index contributed by atoms with van der Waals surface area (Å²) in [5.74, 6) is -0.633. The Morgan fingerprint density at radius 3 is 2.42 bits per heavy atom. The highest BCUT2D eigenvalue weighted by Gasteiger charge is 2.24. The number of nitrogens with two attached hydrogens (primary N) is 1. The zero-order valence-corrected chi connectivity index (χ0v) is 6.69. The maximum absolute atomic E-state index is 10.5. The van der Waals surface area contributed by atoms with Crippen molar-refractivity contribution in [2.75, 3.05) is 19.8 Å². The van der Waals surface area contributed by atoms with E-state index in [2.05, 4.69) is 11.3 Å². The molecule has 4 N–H and O–H groups in total. The number of ether oxygens (including phenoxy) is 1. The molecule has 0 rings (SSSR count). The van der Waals surface area contributed by atoms with Crippen molar-refractivity contribution in [3.8, 4) is 0 Å². The van der Waals surface area contributed by atoms with Crippen molar-refractivity contribution in [3.63, 3.8) is 0 Å². The Morgan fingerprint density at radius 1 is 1.58 bits per heavy atom. The molecule has 0 aromatic rings. The van der Waals surface area contributed by atoms with E-state index in [0.29, 0.717) is 0 Å². The lowest BCUT2D eigenvalue weighted by atomic mass is 10.1. The summed E-state index contributed by atoms with van der Waals surface area (Å²) < 4.78 is 4.54. The van der Waals surface area contributed by atoms with Gasteiger partial charge in [0.2, 0.25) is 0 Å². The molecule has 0 aliphatic heterocycles. The van der Waals surface area contributed by atoms with Crippen LogP contribution in [0.1, 0.15) is 0 Å². The maximum Gasteiger partial charge on any atom is 0.330 e. The molecule has 0 aromatic heterocycles. The van der Waals surface area contributed by atoms with Crippen LogP contribution in [0.4, 0.5) is 0 Å². The van der Waals surface area contributed by atoms with Crippen LogP contribution in [0.2, 0.25) is 0 Å². The Labute approximate surface area is 70.4 Å². The Kier molecular flexibility index (Phi) is 4.50. The molecule has 0 bridgehead atoms. The molecule has 0 heterocycles. The summed E-state index contributed by atoms with van der Waals surface area (Å²) in [6.07, 6.45) is 0.981. The van der Waals surface area contributed by atoms with Gasteiger partial charge >= 0.3 is 5.97 Å². The third-order valence-electron chi connectivity index (χ3n) is 1.30. The molecule has 5 nitrogen and oxygen atoms in total. The van der Waals surface area contributed by atoms with Crippen LogP contribution < -0.4 is 5.73 Å². The summed E-state index contributed by atoms with van der Waals surface area (Å²) in [4.78, 5) is 10.5. The lowest BCUT2D eigenvalue weighted by Crippen LogP contribution is -2.51. The average Bonchev–Trinajstić information content (AvgIpc) is 2.13. The largest absolute Gasteiger partial charge is 0.460 e. The predicted octanol–water partition coefficient (Wildman–Crippen LogP) is -1.60. The molecule has 0 spiro atoms. The number of carbonyl (C=O) groups excluding carboxylic acids is 1. The van der Waals surface area contributed by atoms with Gasteiger partial charge < -0.3 is 20.7 Å². The minimum Gasteiger partial charge on any atom is -0.460 e. The van der Waals surface area contributed by atoms with Crippen LogP contribution in [-0.2, 0) is 9.53 Å². The van der Waals surface area contributed by atoms with Gasteiger partial charge in [0, 0.05) is 6.08 Å². The van der Waals surface area contributed by atoms with Gasteiger partial charge in [-0.3, -0.25) is 0 Å². The van der Waals surface area contributed by atoms with Gasteiger partial charge in [0.25, 0.3) is 0 Å². The van der Waals surface area contributed by atoms with Gasteiger partial charge in [-0.05, 0) is 0 Å². The summed E-state index contributed by atoms with van der Waals surface area (Å²) in [7, 11) is 0. The predicted molar refractivity (Wildman–Crippen MR) is 42.2 cm³/mol. The number of hydrogen-bond donors (Lipinski definition) is 3. The monoisotopic (exact) mass is 175 g/mol. The summed E-state index contributed by atoms with van der Waals surface area (Å²) >= 11 is 0. The van der Waals surface area contributed by atoms with Crippen molar-refractivity contribution in [3.05, 3.63) is 12.7 Å². The van der Waals surface area contributed by atoms with Gasteiger partial charge in [-0.2, -0.15) is 0 Å². The van der Waals surface area contributed by atoms with Gasteiger partial charge in [0.1, 0.15) is 6.61 Å². The first kappa shape index (κ1) is 11.1. The molecule has 0 aliphatic rings. The fourth-order valence-electron chi connectivity index (χ4n) is 0.415. The van der Waals surface area contributed by atoms with Crippen LogP contribution in [-0.4, -0.2) is 41.5 Å². The highest BCUT2D eigenvalue weighted by Crippen LogP contribution is 1.98. The summed E-state index contributed by atoms with van der Waals surface area (Å²) in [6, 6.07) is 0. The van der Waals surface area contributed by atoms with Crippen LogP contribution in [0.3, 0.4) is 0 Å². The first-order valence-corrected chi connectivity index (χ1v) is 3.38. The van der Waals surface area contributed by atoms with Crippen LogP contribution in [0.15, 0.2) is 12.7 Å². The van der Waals surface area contributed by atoms with Crippen molar-refractivity contribution in [1.82, 2.24) is 0 Å². The number of carbonyl (C=O) groups is 1. The van der Waals surface area contributed by atoms with Gasteiger partial charge in [0.15, 0.2) is 0 Å². The van der Waals surface area contributed by atoms with Crippen LogP contribution >= 0.6 is 0 Å². The molecule has 0 unspecified atom stereocenters. The van der Waals surface area contributed by atoms with Crippen molar-refractivity contribution < 1.29 is 19.7 Å². The topological polar surface area (TPSA) is 92.8 Å². The smallest absolute Gasteiger partial charge is 0.330 e. The molecule has 0 fully saturated rings. The second-order valence-electron chi connectivity index (χ2n) is 2.49. The Hall–Kier alpha value is -0.910. The van der Waals surface area contributed by atoms with E-state index < -0.39 is 24.7 Å². The quantitative estimate of drug-likeness (QED) is 0.345. The van der Waals surface area contributed by atoms with Gasteiger partial charge in [0.05, 0.1) is 18.8 Å². The fourth-order valence-corrected chi connectivity index (χ4v) is 0.415. The molecule has 0 radical (unpaired) electrons. The molecule has 12 heavy (non-hydrogen) atoms. The molecule has 0 saturated heterocycles. The first-order valence-electron chi connectivity index (χ1n) is 3.38. The van der Waals surface area contributed by atoms with Gasteiger partial charge in [-0.1, -0.05) is 6.58 Å². The number of aliphatic hydroxyl groups is 2. The molecule has 0 aromatic carbocycles. The second-order valence-corrected chi connectivity index (χ2v) is 2.49. The molecular weight excluding hydrogens is 162 g/mol. The molecule has 5 heteroatoms. The van der Waals surface area contributed by atoms with E-state index in [-0.39, 0.29) is 6.61 Å². The number of rotatable bonds is 5. The zero-order valence-electron chi connectivity index (χ0n) is 6.69.